The van der Waals surface area contributed by atoms with Crippen LogP contribution in [0.3, 0.4) is 0 Å². The van der Waals surface area contributed by atoms with Gasteiger partial charge in [0.2, 0.25) is 0 Å². The van der Waals surface area contributed by atoms with Crippen molar-refractivity contribution in [2.24, 2.45) is 0 Å². The Labute approximate surface area is 96.7 Å². The lowest BCUT2D eigenvalue weighted by molar-refractivity contribution is -0.132. The third-order valence-electron chi connectivity index (χ3n) is 3.29. The van der Waals surface area contributed by atoms with Gasteiger partial charge in [-0.2, -0.15) is 0 Å². The van der Waals surface area contributed by atoms with Gasteiger partial charge in [0.15, 0.2) is 0 Å². The number of methoxy groups -OCH3 is 1. The maximum absolute atomic E-state index is 10.7. The Hall–Kier alpha value is -0.870. The Kier molecular flexibility index (Phi) is 4.96. The first-order valence-electron chi connectivity index (χ1n) is 5.82. The molecule has 0 atom stereocenters. The van der Waals surface area contributed by atoms with E-state index in [9.17, 15) is 4.79 Å². The molecule has 1 saturated carbocycles. The highest BCUT2D eigenvalue weighted by atomic mass is 16.5. The van der Waals surface area contributed by atoms with Crippen molar-refractivity contribution >= 4 is 5.97 Å². The van der Waals surface area contributed by atoms with Gasteiger partial charge in [-0.25, -0.2) is 4.79 Å². The average molecular weight is 227 g/mol. The van der Waals surface area contributed by atoms with E-state index in [0.29, 0.717) is 18.5 Å². The predicted molar refractivity (Wildman–Crippen MR) is 62.5 cm³/mol. The number of hydrogen-bond donors (Lipinski definition) is 2. The van der Waals surface area contributed by atoms with E-state index < -0.39 is 5.97 Å². The Balaban J connectivity index is 2.27. The van der Waals surface area contributed by atoms with Crippen molar-refractivity contribution in [2.45, 2.75) is 38.2 Å². The molecule has 1 fully saturated rings. The summed E-state index contributed by atoms with van der Waals surface area (Å²) >= 11 is 0. The van der Waals surface area contributed by atoms with Crippen LogP contribution in [0.1, 0.15) is 32.6 Å². The first-order chi connectivity index (χ1) is 7.63. The lowest BCUT2D eigenvalue weighted by Gasteiger charge is -2.40. The van der Waals surface area contributed by atoms with Gasteiger partial charge in [-0.15, -0.1) is 0 Å². The highest BCUT2D eigenvalue weighted by molar-refractivity contribution is 5.86. The standard InChI is InChI=1S/C12H21NO3/c1-3-10(11(14)15)5-8-13-9-12(16-2)6-4-7-12/h5,13H,3-4,6-9H2,1-2H3,(H,14,15). The van der Waals surface area contributed by atoms with Crippen LogP contribution >= 0.6 is 0 Å². The van der Waals surface area contributed by atoms with E-state index in [4.69, 9.17) is 9.84 Å². The van der Waals surface area contributed by atoms with Crippen LogP contribution in [0, 0.1) is 0 Å². The van der Waals surface area contributed by atoms with Crippen LogP contribution in [0.25, 0.3) is 0 Å². The molecule has 0 amide bonds. The van der Waals surface area contributed by atoms with E-state index in [1.165, 1.54) is 6.42 Å². The van der Waals surface area contributed by atoms with Gasteiger partial charge in [0.1, 0.15) is 0 Å². The van der Waals surface area contributed by atoms with Crippen LogP contribution in [0.4, 0.5) is 0 Å². The summed E-state index contributed by atoms with van der Waals surface area (Å²) < 4.78 is 5.46. The fourth-order valence-electron chi connectivity index (χ4n) is 1.90. The lowest BCUT2D eigenvalue weighted by Crippen LogP contribution is -2.48. The van der Waals surface area contributed by atoms with Crippen LogP contribution in [-0.4, -0.2) is 36.9 Å². The molecule has 0 bridgehead atoms. The van der Waals surface area contributed by atoms with Gasteiger partial charge in [0, 0.05) is 25.8 Å². The number of carbonyl (C=O) groups is 1. The van der Waals surface area contributed by atoms with Gasteiger partial charge in [0.25, 0.3) is 0 Å². The molecule has 4 heteroatoms. The molecular formula is C12H21NO3. The van der Waals surface area contributed by atoms with Gasteiger partial charge >= 0.3 is 5.97 Å². The van der Waals surface area contributed by atoms with E-state index >= 15 is 0 Å². The molecule has 0 radical (unpaired) electrons. The van der Waals surface area contributed by atoms with Crippen molar-refractivity contribution < 1.29 is 14.6 Å². The van der Waals surface area contributed by atoms with E-state index in [1.807, 2.05) is 6.92 Å². The molecule has 1 aliphatic carbocycles. The zero-order valence-corrected chi connectivity index (χ0v) is 10.1. The summed E-state index contributed by atoms with van der Waals surface area (Å²) in [6, 6.07) is 0. The quantitative estimate of drug-likeness (QED) is 0.512. The molecule has 2 N–H and O–H groups in total. The molecule has 1 rings (SSSR count). The van der Waals surface area contributed by atoms with Gasteiger partial charge in [-0.3, -0.25) is 0 Å². The van der Waals surface area contributed by atoms with Crippen LogP contribution in [0.15, 0.2) is 11.6 Å². The third-order valence-corrected chi connectivity index (χ3v) is 3.29. The second-order valence-electron chi connectivity index (χ2n) is 4.26. The maximum Gasteiger partial charge on any atom is 0.331 e. The minimum Gasteiger partial charge on any atom is -0.478 e. The smallest absolute Gasteiger partial charge is 0.331 e. The maximum atomic E-state index is 10.7. The fraction of sp³-hybridized carbons (Fsp3) is 0.750. The molecule has 0 aromatic heterocycles. The number of ether oxygens (including phenoxy) is 1. The topological polar surface area (TPSA) is 58.6 Å². The van der Waals surface area contributed by atoms with Crippen molar-refractivity contribution in [2.75, 3.05) is 20.2 Å². The lowest BCUT2D eigenvalue weighted by atomic mass is 9.80. The van der Waals surface area contributed by atoms with Crippen LogP contribution in [0.5, 0.6) is 0 Å². The summed E-state index contributed by atoms with van der Waals surface area (Å²) in [5.74, 6) is -0.825. The summed E-state index contributed by atoms with van der Waals surface area (Å²) in [6.07, 6.45) is 5.72. The monoisotopic (exact) mass is 227 g/mol. The number of rotatable bonds is 7. The minimum absolute atomic E-state index is 0.00341. The normalized spacial score (nSPS) is 19.2. The van der Waals surface area contributed by atoms with Crippen LogP contribution in [0.2, 0.25) is 0 Å². The molecule has 16 heavy (non-hydrogen) atoms. The first-order valence-corrected chi connectivity index (χ1v) is 5.82. The second kappa shape index (κ2) is 6.01. The van der Waals surface area contributed by atoms with Crippen molar-refractivity contribution in [1.82, 2.24) is 5.32 Å². The van der Waals surface area contributed by atoms with Crippen LogP contribution in [-0.2, 0) is 9.53 Å². The molecule has 0 unspecified atom stereocenters. The molecule has 0 aromatic rings. The van der Waals surface area contributed by atoms with Crippen molar-refractivity contribution in [3.05, 3.63) is 11.6 Å². The van der Waals surface area contributed by atoms with Gasteiger partial charge in [0.05, 0.1) is 5.60 Å². The number of hydrogen-bond acceptors (Lipinski definition) is 3. The van der Waals surface area contributed by atoms with Gasteiger partial charge in [-0.05, 0) is 25.7 Å². The molecule has 0 saturated heterocycles. The second-order valence-corrected chi connectivity index (χ2v) is 4.26. The predicted octanol–water partition coefficient (Wildman–Crippen LogP) is 1.57. The summed E-state index contributed by atoms with van der Waals surface area (Å²) in [4.78, 5) is 10.7. The Morgan fingerprint density at radius 3 is 2.62 bits per heavy atom. The largest absolute Gasteiger partial charge is 0.478 e. The molecule has 1 aliphatic rings. The summed E-state index contributed by atoms with van der Waals surface area (Å²) in [6.45, 7) is 3.25. The Morgan fingerprint density at radius 2 is 2.25 bits per heavy atom. The molecule has 0 spiro atoms. The average Bonchev–Trinajstić information content (AvgIpc) is 2.21. The van der Waals surface area contributed by atoms with Crippen LogP contribution < -0.4 is 5.32 Å². The molecule has 0 aromatic carbocycles. The summed E-state index contributed by atoms with van der Waals surface area (Å²) in [5, 5.41) is 12.0. The van der Waals surface area contributed by atoms with E-state index in [1.54, 1.807) is 13.2 Å². The number of carboxylic acid groups (broad SMARTS) is 1. The SMILES string of the molecule is CCC(=CCNCC1(OC)CCC1)C(=O)O. The van der Waals surface area contributed by atoms with E-state index in [-0.39, 0.29) is 5.60 Å². The minimum atomic E-state index is -0.825. The zero-order chi connectivity index (χ0) is 12.0. The Bertz CT molecular complexity index is 264. The summed E-state index contributed by atoms with van der Waals surface area (Å²) in [5.41, 5.74) is 0.469. The summed E-state index contributed by atoms with van der Waals surface area (Å²) in [7, 11) is 1.74. The zero-order valence-electron chi connectivity index (χ0n) is 10.1. The Morgan fingerprint density at radius 1 is 1.56 bits per heavy atom. The van der Waals surface area contributed by atoms with Crippen molar-refractivity contribution in [3.8, 4) is 0 Å². The highest BCUT2D eigenvalue weighted by Gasteiger charge is 2.36. The molecular weight excluding hydrogens is 206 g/mol. The van der Waals surface area contributed by atoms with Gasteiger partial charge < -0.3 is 15.2 Å². The van der Waals surface area contributed by atoms with Gasteiger partial charge in [-0.1, -0.05) is 13.0 Å². The van der Waals surface area contributed by atoms with E-state index in [0.717, 1.165) is 19.4 Å². The van der Waals surface area contributed by atoms with E-state index in [2.05, 4.69) is 5.32 Å². The number of carboxylic acids is 1. The molecule has 92 valence electrons. The molecule has 0 heterocycles. The fourth-order valence-corrected chi connectivity index (χ4v) is 1.90. The number of aliphatic carboxylic acids is 1. The van der Waals surface area contributed by atoms with Crippen molar-refractivity contribution in [3.63, 3.8) is 0 Å². The van der Waals surface area contributed by atoms with Crippen molar-refractivity contribution in [1.29, 1.82) is 0 Å². The molecule has 0 aliphatic heterocycles. The number of nitrogens with one attached hydrogen (secondary N) is 1. The first kappa shape index (κ1) is 13.2. The highest BCUT2D eigenvalue weighted by Crippen LogP contribution is 2.34. The molecule has 4 nitrogen and oxygen atoms in total. The third kappa shape index (κ3) is 3.32.